The van der Waals surface area contributed by atoms with Crippen molar-refractivity contribution in [3.8, 4) is 44.5 Å². The van der Waals surface area contributed by atoms with Gasteiger partial charge in [0.05, 0.1) is 0 Å². The van der Waals surface area contributed by atoms with Gasteiger partial charge in [-0.05, 0) is 121 Å². The molecule has 1 aromatic heterocycles. The molecule has 10 aromatic rings. The van der Waals surface area contributed by atoms with E-state index in [0.29, 0.717) is 0 Å². The van der Waals surface area contributed by atoms with E-state index in [2.05, 4.69) is 207 Å². The molecule has 0 bridgehead atoms. The van der Waals surface area contributed by atoms with Crippen LogP contribution in [-0.4, -0.2) is 0 Å². The number of fused-ring (bicyclic) bond motifs is 3. The maximum atomic E-state index is 6.33. The monoisotopic (exact) mass is 703 g/mol. The predicted octanol–water partition coefficient (Wildman–Crippen LogP) is 15.0. The second-order valence-corrected chi connectivity index (χ2v) is 15.4. The van der Waals surface area contributed by atoms with Crippen LogP contribution in [0.1, 0.15) is 25.0 Å². The molecule has 0 saturated heterocycles. The summed E-state index contributed by atoms with van der Waals surface area (Å²) in [6, 6.07) is 68.4. The second-order valence-electron chi connectivity index (χ2n) is 15.4. The van der Waals surface area contributed by atoms with Crippen molar-refractivity contribution in [2.24, 2.45) is 0 Å². The minimum Gasteiger partial charge on any atom is -0.456 e. The smallest absolute Gasteiger partial charge is 0.136 e. The zero-order valence-electron chi connectivity index (χ0n) is 30.8. The zero-order valence-corrected chi connectivity index (χ0v) is 30.8. The van der Waals surface area contributed by atoms with Crippen LogP contribution < -0.4 is 4.90 Å². The molecule has 0 radical (unpaired) electrons. The highest BCUT2D eigenvalue weighted by atomic mass is 16.3. The molecule has 0 saturated carbocycles. The van der Waals surface area contributed by atoms with E-state index in [-0.39, 0.29) is 5.41 Å². The summed E-state index contributed by atoms with van der Waals surface area (Å²) in [5, 5.41) is 4.86. The molecule has 2 nitrogen and oxygen atoms in total. The lowest BCUT2D eigenvalue weighted by Gasteiger charge is -2.28. The quantitative estimate of drug-likeness (QED) is 0.160. The number of nitrogens with zero attached hydrogens (tertiary/aromatic N) is 1. The molecule has 0 aliphatic heterocycles. The Morgan fingerprint density at radius 1 is 0.364 bits per heavy atom. The molecular weight excluding hydrogens is 667 g/mol. The summed E-state index contributed by atoms with van der Waals surface area (Å²) in [6.07, 6.45) is 0. The minimum absolute atomic E-state index is 0.0874. The van der Waals surface area contributed by atoms with Gasteiger partial charge in [0.25, 0.3) is 0 Å². The number of hydrogen-bond donors (Lipinski definition) is 0. The molecule has 1 heterocycles. The van der Waals surface area contributed by atoms with E-state index in [1.165, 1.54) is 71.6 Å². The maximum Gasteiger partial charge on any atom is 0.136 e. The van der Waals surface area contributed by atoms with Crippen LogP contribution in [0.25, 0.3) is 77.2 Å². The topological polar surface area (TPSA) is 16.4 Å². The lowest BCUT2D eigenvalue weighted by molar-refractivity contribution is 0.660. The molecular formula is C53H37NO. The molecule has 0 amide bonds. The van der Waals surface area contributed by atoms with Crippen LogP contribution in [0.2, 0.25) is 0 Å². The van der Waals surface area contributed by atoms with E-state index >= 15 is 0 Å². The standard InChI is InChI=1S/C53H37NO/c1-53(2)47-13-7-6-12-45(47)46-30-29-44(33-48(46)53)54(42-25-21-36(22-26-42)34-9-4-3-5-10-34)43-27-23-37(24-28-43)35-15-17-38(18-16-35)41-31-40-20-19-39-11-8-14-49-51(39)52(40)50(32-41)55-49/h3-33H,1-2H3. The SMILES string of the molecule is CC1(C)c2ccccc2-c2ccc(N(c3ccc(-c4ccccc4)cc3)c3ccc(-c4ccc(-c5cc6ccc7cccc8oc(c5)c6c78)cc4)cc3)cc21. The average molecular weight is 704 g/mol. The Labute approximate surface area is 320 Å². The first-order chi connectivity index (χ1) is 27.0. The Morgan fingerprint density at radius 2 is 0.909 bits per heavy atom. The fraction of sp³-hybridized carbons (Fsp3) is 0.0566. The second kappa shape index (κ2) is 12.1. The molecule has 0 fully saturated rings. The summed E-state index contributed by atoms with van der Waals surface area (Å²) in [5.41, 5.74) is 17.7. The third-order valence-electron chi connectivity index (χ3n) is 11.8. The van der Waals surface area contributed by atoms with Gasteiger partial charge in [-0.3, -0.25) is 0 Å². The van der Waals surface area contributed by atoms with Gasteiger partial charge in [0.15, 0.2) is 0 Å². The van der Waals surface area contributed by atoms with Crippen molar-refractivity contribution >= 4 is 49.8 Å². The lowest BCUT2D eigenvalue weighted by atomic mass is 9.82. The van der Waals surface area contributed by atoms with Crippen LogP contribution in [0.4, 0.5) is 17.1 Å². The van der Waals surface area contributed by atoms with E-state index in [1.807, 2.05) is 0 Å². The number of hydrogen-bond acceptors (Lipinski definition) is 2. The summed E-state index contributed by atoms with van der Waals surface area (Å²) in [6.45, 7) is 4.69. The molecule has 2 heteroatoms. The van der Waals surface area contributed by atoms with Gasteiger partial charge in [-0.2, -0.15) is 0 Å². The predicted molar refractivity (Wildman–Crippen MR) is 231 cm³/mol. The van der Waals surface area contributed by atoms with Gasteiger partial charge in [0.2, 0.25) is 0 Å². The summed E-state index contributed by atoms with van der Waals surface area (Å²) < 4.78 is 6.33. The van der Waals surface area contributed by atoms with Crippen molar-refractivity contribution in [1.29, 1.82) is 0 Å². The van der Waals surface area contributed by atoms with E-state index in [1.54, 1.807) is 0 Å². The van der Waals surface area contributed by atoms with Gasteiger partial charge in [0.1, 0.15) is 11.2 Å². The fourth-order valence-electron chi connectivity index (χ4n) is 8.99. The number of rotatable bonds is 6. The zero-order chi connectivity index (χ0) is 36.7. The van der Waals surface area contributed by atoms with Crippen LogP contribution in [0.5, 0.6) is 0 Å². The van der Waals surface area contributed by atoms with Gasteiger partial charge >= 0.3 is 0 Å². The van der Waals surface area contributed by atoms with Gasteiger partial charge in [-0.1, -0.05) is 147 Å². The van der Waals surface area contributed by atoms with E-state index < -0.39 is 0 Å². The van der Waals surface area contributed by atoms with Crippen LogP contribution in [0.15, 0.2) is 192 Å². The summed E-state index contributed by atoms with van der Waals surface area (Å²) in [7, 11) is 0. The van der Waals surface area contributed by atoms with Crippen molar-refractivity contribution in [2.45, 2.75) is 19.3 Å². The molecule has 55 heavy (non-hydrogen) atoms. The lowest BCUT2D eigenvalue weighted by Crippen LogP contribution is -2.16. The van der Waals surface area contributed by atoms with Gasteiger partial charge in [0, 0.05) is 33.2 Å². The first kappa shape index (κ1) is 31.6. The highest BCUT2D eigenvalue weighted by Crippen LogP contribution is 2.51. The maximum absolute atomic E-state index is 6.33. The highest BCUT2D eigenvalue weighted by molar-refractivity contribution is 6.22. The Kier molecular flexibility index (Phi) is 6.93. The number of benzene rings is 9. The number of anilines is 3. The number of furan rings is 1. The first-order valence-corrected chi connectivity index (χ1v) is 19.1. The Balaban J connectivity index is 0.946. The van der Waals surface area contributed by atoms with Crippen molar-refractivity contribution in [3.63, 3.8) is 0 Å². The van der Waals surface area contributed by atoms with Gasteiger partial charge in [-0.15, -0.1) is 0 Å². The third kappa shape index (κ3) is 5.02. The van der Waals surface area contributed by atoms with Crippen LogP contribution in [-0.2, 0) is 5.41 Å². The molecule has 1 aliphatic carbocycles. The van der Waals surface area contributed by atoms with Gasteiger partial charge < -0.3 is 9.32 Å². The van der Waals surface area contributed by atoms with E-state index in [9.17, 15) is 0 Å². The average Bonchev–Trinajstić information content (AvgIpc) is 3.73. The summed E-state index contributed by atoms with van der Waals surface area (Å²) in [5.74, 6) is 0. The van der Waals surface area contributed by atoms with Gasteiger partial charge in [-0.25, -0.2) is 0 Å². The molecule has 0 spiro atoms. The summed E-state index contributed by atoms with van der Waals surface area (Å²) in [4.78, 5) is 2.39. The Morgan fingerprint density at radius 3 is 1.62 bits per heavy atom. The highest BCUT2D eigenvalue weighted by Gasteiger charge is 2.35. The van der Waals surface area contributed by atoms with Crippen molar-refractivity contribution in [2.75, 3.05) is 4.90 Å². The minimum atomic E-state index is -0.0874. The van der Waals surface area contributed by atoms with E-state index in [0.717, 1.165) is 33.8 Å². The normalized spacial score (nSPS) is 13.1. The third-order valence-corrected chi connectivity index (χ3v) is 11.8. The summed E-state index contributed by atoms with van der Waals surface area (Å²) >= 11 is 0. The molecule has 0 N–H and O–H groups in total. The molecule has 260 valence electrons. The molecule has 1 aliphatic rings. The van der Waals surface area contributed by atoms with Crippen molar-refractivity contribution in [3.05, 3.63) is 199 Å². The molecule has 0 unspecified atom stereocenters. The van der Waals surface area contributed by atoms with Crippen molar-refractivity contribution in [1.82, 2.24) is 0 Å². The van der Waals surface area contributed by atoms with E-state index in [4.69, 9.17) is 4.42 Å². The Bertz CT molecular complexity index is 3020. The molecule has 9 aromatic carbocycles. The van der Waals surface area contributed by atoms with Crippen LogP contribution in [0.3, 0.4) is 0 Å². The first-order valence-electron chi connectivity index (χ1n) is 19.1. The fourth-order valence-corrected chi connectivity index (χ4v) is 8.99. The molecule has 11 rings (SSSR count). The van der Waals surface area contributed by atoms with Crippen LogP contribution >= 0.6 is 0 Å². The molecule has 0 atom stereocenters. The van der Waals surface area contributed by atoms with Crippen molar-refractivity contribution < 1.29 is 4.42 Å². The largest absolute Gasteiger partial charge is 0.456 e. The van der Waals surface area contributed by atoms with Crippen LogP contribution in [0, 0.1) is 0 Å². The Hall–Kier alpha value is -6.90.